The SMILES string of the molecule is Cc1cc(Sc2ncccn2)ccc1NC(=O)NCCc1ccccn1. The van der Waals surface area contributed by atoms with Crippen molar-refractivity contribution in [3.63, 3.8) is 0 Å². The van der Waals surface area contributed by atoms with Crippen LogP contribution in [-0.4, -0.2) is 27.5 Å². The largest absolute Gasteiger partial charge is 0.337 e. The molecule has 0 aliphatic heterocycles. The molecule has 0 saturated heterocycles. The average molecular weight is 365 g/mol. The molecule has 2 heterocycles. The number of carbonyl (C=O) groups is 1. The molecule has 0 fully saturated rings. The fourth-order valence-corrected chi connectivity index (χ4v) is 3.11. The topological polar surface area (TPSA) is 79.8 Å². The molecular formula is C19H19N5OS. The van der Waals surface area contributed by atoms with Crippen molar-refractivity contribution in [1.29, 1.82) is 0 Å². The van der Waals surface area contributed by atoms with Crippen LogP contribution in [0.5, 0.6) is 0 Å². The summed E-state index contributed by atoms with van der Waals surface area (Å²) in [5, 5.41) is 6.42. The monoisotopic (exact) mass is 365 g/mol. The van der Waals surface area contributed by atoms with Crippen LogP contribution in [0.25, 0.3) is 0 Å². The highest BCUT2D eigenvalue weighted by atomic mass is 32.2. The normalized spacial score (nSPS) is 10.3. The van der Waals surface area contributed by atoms with Crippen molar-refractivity contribution in [3.8, 4) is 0 Å². The molecule has 0 saturated carbocycles. The molecule has 0 aliphatic rings. The second-order valence-corrected chi connectivity index (χ2v) is 6.60. The first-order chi connectivity index (χ1) is 12.7. The summed E-state index contributed by atoms with van der Waals surface area (Å²) in [5.74, 6) is 0. The third kappa shape index (κ3) is 5.29. The first-order valence-electron chi connectivity index (χ1n) is 8.21. The number of amides is 2. The van der Waals surface area contributed by atoms with Crippen molar-refractivity contribution >= 4 is 23.5 Å². The lowest BCUT2D eigenvalue weighted by Crippen LogP contribution is -2.30. The summed E-state index contributed by atoms with van der Waals surface area (Å²) in [7, 11) is 0. The maximum Gasteiger partial charge on any atom is 0.319 e. The van der Waals surface area contributed by atoms with E-state index in [0.29, 0.717) is 18.1 Å². The summed E-state index contributed by atoms with van der Waals surface area (Å²) < 4.78 is 0. The first kappa shape index (κ1) is 17.9. The minimum atomic E-state index is -0.226. The third-order valence-corrected chi connectivity index (χ3v) is 4.47. The number of benzene rings is 1. The Labute approximate surface area is 156 Å². The molecule has 0 atom stereocenters. The van der Waals surface area contributed by atoms with Gasteiger partial charge in [-0.1, -0.05) is 6.07 Å². The lowest BCUT2D eigenvalue weighted by Gasteiger charge is -2.11. The number of hydrogen-bond donors (Lipinski definition) is 2. The van der Waals surface area contributed by atoms with E-state index in [1.54, 1.807) is 24.7 Å². The fourth-order valence-electron chi connectivity index (χ4n) is 2.30. The van der Waals surface area contributed by atoms with Gasteiger partial charge in [0.2, 0.25) is 0 Å². The van der Waals surface area contributed by atoms with Gasteiger partial charge in [-0.2, -0.15) is 0 Å². The van der Waals surface area contributed by atoms with E-state index in [4.69, 9.17) is 0 Å². The predicted molar refractivity (Wildman–Crippen MR) is 102 cm³/mol. The number of hydrogen-bond acceptors (Lipinski definition) is 5. The number of urea groups is 1. The smallest absolute Gasteiger partial charge is 0.319 e. The van der Waals surface area contributed by atoms with Gasteiger partial charge < -0.3 is 10.6 Å². The standard InChI is InChI=1S/C19H19N5OS/c1-14-13-16(26-19-22-10-4-11-23-19)6-7-17(14)24-18(25)21-12-8-15-5-2-3-9-20-15/h2-7,9-11,13H,8,12H2,1H3,(H2,21,24,25). The van der Waals surface area contributed by atoms with Crippen LogP contribution in [0.3, 0.4) is 0 Å². The summed E-state index contributed by atoms with van der Waals surface area (Å²) >= 11 is 1.48. The minimum Gasteiger partial charge on any atom is -0.337 e. The molecule has 26 heavy (non-hydrogen) atoms. The summed E-state index contributed by atoms with van der Waals surface area (Å²) in [4.78, 5) is 25.7. The van der Waals surface area contributed by atoms with E-state index in [9.17, 15) is 4.79 Å². The van der Waals surface area contributed by atoms with Crippen LogP contribution in [0.2, 0.25) is 0 Å². The second-order valence-electron chi connectivity index (χ2n) is 5.56. The van der Waals surface area contributed by atoms with Gasteiger partial charge in [0.15, 0.2) is 5.16 Å². The lowest BCUT2D eigenvalue weighted by atomic mass is 10.2. The second kappa shape index (κ2) is 8.96. The van der Waals surface area contributed by atoms with E-state index in [1.807, 2.05) is 43.3 Å². The molecule has 3 aromatic rings. The molecule has 0 aliphatic carbocycles. The van der Waals surface area contributed by atoms with E-state index >= 15 is 0 Å². The maximum atomic E-state index is 12.1. The molecule has 0 unspecified atom stereocenters. The number of rotatable bonds is 6. The van der Waals surface area contributed by atoms with Crippen molar-refractivity contribution in [3.05, 3.63) is 72.3 Å². The molecule has 2 amide bonds. The summed E-state index contributed by atoms with van der Waals surface area (Å²) in [5.41, 5.74) is 2.71. The van der Waals surface area contributed by atoms with Crippen LogP contribution < -0.4 is 10.6 Å². The van der Waals surface area contributed by atoms with Gasteiger partial charge in [0.25, 0.3) is 0 Å². The van der Waals surface area contributed by atoms with Crippen LogP contribution in [0.1, 0.15) is 11.3 Å². The van der Waals surface area contributed by atoms with Crippen LogP contribution in [-0.2, 0) is 6.42 Å². The van der Waals surface area contributed by atoms with Gasteiger partial charge in [0, 0.05) is 47.8 Å². The Kier molecular flexibility index (Phi) is 6.16. The van der Waals surface area contributed by atoms with E-state index in [-0.39, 0.29) is 6.03 Å². The zero-order valence-electron chi connectivity index (χ0n) is 14.3. The molecule has 132 valence electrons. The van der Waals surface area contributed by atoms with Crippen molar-refractivity contribution in [2.45, 2.75) is 23.4 Å². The van der Waals surface area contributed by atoms with Crippen molar-refractivity contribution in [2.75, 3.05) is 11.9 Å². The quantitative estimate of drug-likeness (QED) is 0.651. The molecule has 2 N–H and O–H groups in total. The molecule has 3 rings (SSSR count). The van der Waals surface area contributed by atoms with Gasteiger partial charge in [0.1, 0.15) is 0 Å². The number of carbonyl (C=O) groups excluding carboxylic acids is 1. The van der Waals surface area contributed by atoms with Crippen molar-refractivity contribution in [2.24, 2.45) is 0 Å². The number of aromatic nitrogens is 3. The highest BCUT2D eigenvalue weighted by molar-refractivity contribution is 7.99. The zero-order valence-corrected chi connectivity index (χ0v) is 15.2. The lowest BCUT2D eigenvalue weighted by molar-refractivity contribution is 0.252. The maximum absolute atomic E-state index is 12.1. The Morgan fingerprint density at radius 3 is 2.58 bits per heavy atom. The average Bonchev–Trinajstić information content (AvgIpc) is 2.66. The Balaban J connectivity index is 1.52. The van der Waals surface area contributed by atoms with E-state index in [0.717, 1.165) is 21.8 Å². The molecular weight excluding hydrogens is 346 g/mol. The van der Waals surface area contributed by atoms with E-state index in [2.05, 4.69) is 25.6 Å². The summed E-state index contributed by atoms with van der Waals surface area (Å²) in [6.07, 6.45) is 5.87. The van der Waals surface area contributed by atoms with Gasteiger partial charge >= 0.3 is 6.03 Å². The minimum absolute atomic E-state index is 0.226. The number of anilines is 1. The first-order valence-corrected chi connectivity index (χ1v) is 9.02. The number of pyridine rings is 1. The van der Waals surface area contributed by atoms with Crippen molar-refractivity contribution in [1.82, 2.24) is 20.3 Å². The molecule has 0 radical (unpaired) electrons. The summed E-state index contributed by atoms with van der Waals surface area (Å²) in [6, 6.07) is 13.1. The highest BCUT2D eigenvalue weighted by Gasteiger charge is 2.07. The van der Waals surface area contributed by atoms with Gasteiger partial charge in [-0.15, -0.1) is 0 Å². The molecule has 7 heteroatoms. The number of nitrogens with one attached hydrogen (secondary N) is 2. The molecule has 0 bridgehead atoms. The van der Waals surface area contributed by atoms with Crippen LogP contribution in [0.4, 0.5) is 10.5 Å². The van der Waals surface area contributed by atoms with Gasteiger partial charge in [0.05, 0.1) is 0 Å². The van der Waals surface area contributed by atoms with Crippen molar-refractivity contribution < 1.29 is 4.79 Å². The van der Waals surface area contributed by atoms with E-state index in [1.165, 1.54) is 11.8 Å². The molecule has 0 spiro atoms. The Bertz CT molecular complexity index is 858. The Morgan fingerprint density at radius 2 is 1.85 bits per heavy atom. The van der Waals surface area contributed by atoms with Crippen LogP contribution >= 0.6 is 11.8 Å². The highest BCUT2D eigenvalue weighted by Crippen LogP contribution is 2.27. The Hall–Kier alpha value is -2.93. The third-order valence-electron chi connectivity index (χ3n) is 3.59. The van der Waals surface area contributed by atoms with Crippen LogP contribution in [0.15, 0.2) is 71.1 Å². The molecule has 1 aromatic carbocycles. The van der Waals surface area contributed by atoms with Gasteiger partial charge in [-0.3, -0.25) is 4.98 Å². The van der Waals surface area contributed by atoms with Gasteiger partial charge in [-0.25, -0.2) is 14.8 Å². The number of nitrogens with zero attached hydrogens (tertiary/aromatic N) is 3. The molecule has 6 nitrogen and oxygen atoms in total. The summed E-state index contributed by atoms with van der Waals surface area (Å²) in [6.45, 7) is 2.49. The zero-order chi connectivity index (χ0) is 18.2. The fraction of sp³-hybridized carbons (Fsp3) is 0.158. The van der Waals surface area contributed by atoms with Gasteiger partial charge in [-0.05, 0) is 60.6 Å². The number of aryl methyl sites for hydroxylation is 1. The predicted octanol–water partition coefficient (Wildman–Crippen LogP) is 3.70. The molecule has 2 aromatic heterocycles. The Morgan fingerprint density at radius 1 is 1.04 bits per heavy atom. The van der Waals surface area contributed by atoms with E-state index < -0.39 is 0 Å². The van der Waals surface area contributed by atoms with Crippen LogP contribution in [0, 0.1) is 6.92 Å².